The van der Waals surface area contributed by atoms with Gasteiger partial charge in [0.15, 0.2) is 0 Å². The zero-order chi connectivity index (χ0) is 19.5. The Labute approximate surface area is 173 Å². The third-order valence-corrected chi connectivity index (χ3v) is 6.39. The highest BCUT2D eigenvalue weighted by molar-refractivity contribution is 8.04. The van der Waals surface area contributed by atoms with Crippen LogP contribution in [0.25, 0.3) is 0 Å². The molecular formula is C22H21ClN2O2S. The van der Waals surface area contributed by atoms with Crippen LogP contribution in [0.1, 0.15) is 32.1 Å². The number of rotatable bonds is 5. The molecule has 28 heavy (non-hydrogen) atoms. The Balaban J connectivity index is 1.67. The van der Waals surface area contributed by atoms with Crippen molar-refractivity contribution in [2.24, 2.45) is 0 Å². The fourth-order valence-electron chi connectivity index (χ4n) is 3.61. The fraction of sp³-hybridized carbons (Fsp3) is 0.273. The maximum absolute atomic E-state index is 13.2. The van der Waals surface area contributed by atoms with Gasteiger partial charge in [0.25, 0.3) is 11.8 Å². The molecule has 0 atom stereocenters. The molecule has 0 aromatic heterocycles. The Kier molecular flexibility index (Phi) is 5.74. The number of halogens is 1. The lowest BCUT2D eigenvalue weighted by atomic mass is 9.95. The third-order valence-electron chi connectivity index (χ3n) is 5.04. The first-order valence-electron chi connectivity index (χ1n) is 9.51. The maximum atomic E-state index is 13.2. The van der Waals surface area contributed by atoms with Gasteiger partial charge in [-0.15, -0.1) is 0 Å². The second-order valence-corrected chi connectivity index (χ2v) is 8.54. The van der Waals surface area contributed by atoms with Gasteiger partial charge in [0.2, 0.25) is 0 Å². The zero-order valence-corrected chi connectivity index (χ0v) is 16.9. The average Bonchev–Trinajstić information content (AvgIpc) is 2.94. The average molecular weight is 413 g/mol. The minimum atomic E-state index is -0.295. The van der Waals surface area contributed by atoms with Crippen molar-refractivity contribution in [1.29, 1.82) is 0 Å². The molecule has 144 valence electrons. The lowest BCUT2D eigenvalue weighted by molar-refractivity contribution is -0.120. The van der Waals surface area contributed by atoms with Crippen molar-refractivity contribution in [3.63, 3.8) is 0 Å². The van der Waals surface area contributed by atoms with Crippen molar-refractivity contribution in [3.8, 4) is 0 Å². The van der Waals surface area contributed by atoms with Crippen LogP contribution < -0.4 is 10.2 Å². The van der Waals surface area contributed by atoms with Gasteiger partial charge in [-0.05, 0) is 49.2 Å². The van der Waals surface area contributed by atoms with E-state index in [9.17, 15) is 9.59 Å². The number of carbonyl (C=O) groups excluding carboxylic acids is 2. The number of hydrogen-bond acceptors (Lipinski definition) is 4. The van der Waals surface area contributed by atoms with Gasteiger partial charge in [0.1, 0.15) is 10.6 Å². The Morgan fingerprint density at radius 2 is 1.57 bits per heavy atom. The molecule has 0 spiro atoms. The van der Waals surface area contributed by atoms with Gasteiger partial charge in [0.05, 0.1) is 5.69 Å². The molecule has 1 heterocycles. The molecule has 1 saturated carbocycles. The zero-order valence-electron chi connectivity index (χ0n) is 15.4. The van der Waals surface area contributed by atoms with Crippen LogP contribution in [0.2, 0.25) is 5.02 Å². The van der Waals surface area contributed by atoms with E-state index in [0.29, 0.717) is 21.3 Å². The lowest BCUT2D eigenvalue weighted by Crippen LogP contribution is -2.37. The molecule has 4 rings (SSSR count). The summed E-state index contributed by atoms with van der Waals surface area (Å²) in [5.74, 6) is -0.587. The van der Waals surface area contributed by atoms with E-state index >= 15 is 0 Å². The molecule has 0 unspecified atom stereocenters. The maximum Gasteiger partial charge on any atom is 0.282 e. The van der Waals surface area contributed by atoms with Gasteiger partial charge < -0.3 is 5.32 Å². The predicted octanol–water partition coefficient (Wildman–Crippen LogP) is 5.14. The van der Waals surface area contributed by atoms with Crippen LogP contribution in [0.3, 0.4) is 0 Å². The minimum Gasteiger partial charge on any atom is -0.377 e. The van der Waals surface area contributed by atoms with Gasteiger partial charge in [-0.1, -0.05) is 60.8 Å². The van der Waals surface area contributed by atoms with E-state index in [-0.39, 0.29) is 17.9 Å². The molecule has 1 fully saturated rings. The van der Waals surface area contributed by atoms with Gasteiger partial charge >= 0.3 is 0 Å². The Morgan fingerprint density at radius 1 is 0.893 bits per heavy atom. The first-order chi connectivity index (χ1) is 13.6. The highest BCUT2D eigenvalue weighted by atomic mass is 35.5. The summed E-state index contributed by atoms with van der Waals surface area (Å²) in [4.78, 5) is 29.1. The molecule has 1 aliphatic heterocycles. The molecule has 1 aliphatic carbocycles. The molecule has 6 heteroatoms. The SMILES string of the molecule is O=C1C(NC2CCCCC2)=C(Sc2ccccc2)C(=O)N1c1ccc(Cl)cc1. The second-order valence-electron chi connectivity index (χ2n) is 7.02. The number of benzene rings is 2. The van der Waals surface area contributed by atoms with Crippen LogP contribution in [0, 0.1) is 0 Å². The third kappa shape index (κ3) is 3.96. The first kappa shape index (κ1) is 19.1. The molecule has 2 aromatic rings. The monoisotopic (exact) mass is 412 g/mol. The Morgan fingerprint density at radius 3 is 2.25 bits per heavy atom. The summed E-state index contributed by atoms with van der Waals surface area (Å²) in [6.07, 6.45) is 5.57. The largest absolute Gasteiger partial charge is 0.377 e. The van der Waals surface area contributed by atoms with Crippen LogP contribution in [-0.2, 0) is 9.59 Å². The van der Waals surface area contributed by atoms with E-state index in [0.717, 1.165) is 30.6 Å². The molecule has 2 amide bonds. The molecule has 4 nitrogen and oxygen atoms in total. The topological polar surface area (TPSA) is 49.4 Å². The van der Waals surface area contributed by atoms with Gasteiger partial charge in [-0.3, -0.25) is 9.59 Å². The number of nitrogens with zero attached hydrogens (tertiary/aromatic N) is 1. The summed E-state index contributed by atoms with van der Waals surface area (Å²) in [6, 6.07) is 16.7. The summed E-state index contributed by atoms with van der Waals surface area (Å²) in [6.45, 7) is 0. The number of anilines is 1. The normalized spacial score (nSPS) is 18.1. The summed E-state index contributed by atoms with van der Waals surface area (Å²) in [5.41, 5.74) is 0.951. The Bertz CT molecular complexity index is 906. The van der Waals surface area contributed by atoms with E-state index in [1.165, 1.54) is 23.1 Å². The summed E-state index contributed by atoms with van der Waals surface area (Å²) in [5, 5.41) is 3.97. The molecule has 2 aliphatic rings. The summed E-state index contributed by atoms with van der Waals surface area (Å²) >= 11 is 7.31. The second kappa shape index (κ2) is 8.41. The highest BCUT2D eigenvalue weighted by Crippen LogP contribution is 2.37. The van der Waals surface area contributed by atoms with Crippen molar-refractivity contribution < 1.29 is 9.59 Å². The summed E-state index contributed by atoms with van der Waals surface area (Å²) in [7, 11) is 0. The van der Waals surface area contributed by atoms with Crippen LogP contribution in [0.4, 0.5) is 5.69 Å². The van der Waals surface area contributed by atoms with E-state index < -0.39 is 0 Å². The number of hydrogen-bond donors (Lipinski definition) is 1. The van der Waals surface area contributed by atoms with E-state index in [1.807, 2.05) is 30.3 Å². The number of nitrogens with one attached hydrogen (secondary N) is 1. The van der Waals surface area contributed by atoms with Crippen molar-refractivity contribution in [1.82, 2.24) is 5.32 Å². The predicted molar refractivity (Wildman–Crippen MR) is 113 cm³/mol. The number of thioether (sulfide) groups is 1. The standard InChI is InChI=1S/C22H21ClN2O2S/c23-15-11-13-17(14-12-15)25-21(26)19(24-16-7-3-1-4-8-16)20(22(25)27)28-18-9-5-2-6-10-18/h2,5-6,9-14,16,24H,1,3-4,7-8H2. The fourth-order valence-corrected chi connectivity index (χ4v) is 4.70. The quantitative estimate of drug-likeness (QED) is 0.691. The van der Waals surface area contributed by atoms with Crippen LogP contribution >= 0.6 is 23.4 Å². The molecule has 0 saturated heterocycles. The van der Waals surface area contributed by atoms with Crippen molar-refractivity contribution >= 4 is 40.9 Å². The van der Waals surface area contributed by atoms with E-state index in [1.54, 1.807) is 24.3 Å². The molecule has 0 bridgehead atoms. The van der Waals surface area contributed by atoms with E-state index in [2.05, 4.69) is 5.32 Å². The highest BCUT2D eigenvalue weighted by Gasteiger charge is 2.40. The van der Waals surface area contributed by atoms with Crippen molar-refractivity contribution in [2.75, 3.05) is 4.90 Å². The molecule has 1 N–H and O–H groups in total. The van der Waals surface area contributed by atoms with Gasteiger partial charge in [0, 0.05) is 16.0 Å². The van der Waals surface area contributed by atoms with Crippen LogP contribution in [-0.4, -0.2) is 17.9 Å². The van der Waals surface area contributed by atoms with Crippen molar-refractivity contribution in [2.45, 2.75) is 43.0 Å². The van der Waals surface area contributed by atoms with Gasteiger partial charge in [-0.2, -0.15) is 0 Å². The first-order valence-corrected chi connectivity index (χ1v) is 10.7. The van der Waals surface area contributed by atoms with Crippen LogP contribution in [0.5, 0.6) is 0 Å². The van der Waals surface area contributed by atoms with Crippen molar-refractivity contribution in [3.05, 3.63) is 70.2 Å². The van der Waals surface area contributed by atoms with Crippen LogP contribution in [0.15, 0.2) is 70.1 Å². The molecule has 2 aromatic carbocycles. The number of carbonyl (C=O) groups is 2. The number of amides is 2. The summed E-state index contributed by atoms with van der Waals surface area (Å²) < 4.78 is 0. The number of imide groups is 1. The lowest BCUT2D eigenvalue weighted by Gasteiger charge is -2.24. The molecule has 0 radical (unpaired) electrons. The minimum absolute atomic E-state index is 0.233. The molecular weight excluding hydrogens is 392 g/mol. The van der Waals surface area contributed by atoms with Gasteiger partial charge in [-0.25, -0.2) is 4.90 Å². The smallest absolute Gasteiger partial charge is 0.282 e. The van der Waals surface area contributed by atoms with E-state index in [4.69, 9.17) is 11.6 Å². The Hall–Kier alpha value is -2.24.